The Balaban J connectivity index is 1.33. The molecular formula is C31H25FN4O5. The smallest absolute Gasteiger partial charge is 0.338 e. The van der Waals surface area contributed by atoms with Crippen LogP contribution in [0.5, 0.6) is 0 Å². The van der Waals surface area contributed by atoms with Crippen LogP contribution in [-0.4, -0.2) is 41.3 Å². The number of carbonyl (C=O) groups excluding carboxylic acids is 4. The van der Waals surface area contributed by atoms with E-state index >= 15 is 0 Å². The van der Waals surface area contributed by atoms with Gasteiger partial charge in [-0.2, -0.15) is 0 Å². The molecule has 2 saturated heterocycles. The van der Waals surface area contributed by atoms with Gasteiger partial charge in [0.2, 0.25) is 17.7 Å². The first kappa shape index (κ1) is 25.2. The van der Waals surface area contributed by atoms with Crippen molar-refractivity contribution in [1.82, 2.24) is 10.3 Å². The number of fused-ring (bicyclic) bond motifs is 5. The molecule has 41 heavy (non-hydrogen) atoms. The third-order valence-electron chi connectivity index (χ3n) is 8.43. The normalized spacial score (nSPS) is 24.7. The predicted octanol–water partition coefficient (Wildman–Crippen LogP) is 3.65. The lowest BCUT2D eigenvalue weighted by atomic mass is 9.76. The summed E-state index contributed by atoms with van der Waals surface area (Å²) >= 11 is 0. The molecule has 1 aromatic heterocycles. The van der Waals surface area contributed by atoms with E-state index < -0.39 is 52.9 Å². The number of anilines is 2. The number of imide groups is 1. The summed E-state index contributed by atoms with van der Waals surface area (Å²) in [6.45, 7) is 1.91. The van der Waals surface area contributed by atoms with Crippen molar-refractivity contribution in [2.24, 2.45) is 11.8 Å². The summed E-state index contributed by atoms with van der Waals surface area (Å²) in [5.74, 6) is -4.62. The molecule has 0 bridgehead atoms. The van der Waals surface area contributed by atoms with Gasteiger partial charge < -0.3 is 15.0 Å². The molecule has 10 heteroatoms. The van der Waals surface area contributed by atoms with Gasteiger partial charge in [-0.15, -0.1) is 0 Å². The SMILES string of the molecule is CCOC(=O)c1ccc(N2C(=O)[C@H]3[C@@H](C2=O)[C@@]2(N[C@@H]3Cc3c[nH]c4ccccc34)C(=O)Nc3ccc(F)cc32)cc1. The van der Waals surface area contributed by atoms with Gasteiger partial charge in [-0.25, -0.2) is 14.1 Å². The summed E-state index contributed by atoms with van der Waals surface area (Å²) in [4.78, 5) is 58.5. The molecule has 0 aliphatic carbocycles. The molecular weight excluding hydrogens is 527 g/mol. The van der Waals surface area contributed by atoms with E-state index in [1.54, 1.807) is 6.92 Å². The molecule has 1 spiro atoms. The summed E-state index contributed by atoms with van der Waals surface area (Å²) in [5, 5.41) is 7.12. The van der Waals surface area contributed by atoms with Gasteiger partial charge >= 0.3 is 5.97 Å². The molecule has 3 aliphatic rings. The molecule has 3 aromatic carbocycles. The Morgan fingerprint density at radius 1 is 1.02 bits per heavy atom. The summed E-state index contributed by atoms with van der Waals surface area (Å²) in [7, 11) is 0. The molecule has 206 valence electrons. The number of para-hydroxylation sites is 1. The molecule has 7 rings (SSSR count). The Morgan fingerprint density at radius 2 is 1.80 bits per heavy atom. The van der Waals surface area contributed by atoms with Crippen LogP contribution in [-0.2, 0) is 31.1 Å². The topological polar surface area (TPSA) is 121 Å². The van der Waals surface area contributed by atoms with E-state index in [0.717, 1.165) is 21.4 Å². The number of H-pyrrole nitrogens is 1. The van der Waals surface area contributed by atoms with Gasteiger partial charge in [0.1, 0.15) is 11.4 Å². The van der Waals surface area contributed by atoms with Crippen LogP contribution in [0.3, 0.4) is 0 Å². The fourth-order valence-corrected chi connectivity index (χ4v) is 6.70. The third kappa shape index (κ3) is 3.57. The number of nitrogens with zero attached hydrogens (tertiary/aromatic N) is 1. The third-order valence-corrected chi connectivity index (χ3v) is 8.43. The second kappa shape index (κ2) is 9.10. The quantitative estimate of drug-likeness (QED) is 0.257. The number of benzene rings is 3. The van der Waals surface area contributed by atoms with Crippen LogP contribution in [0.2, 0.25) is 0 Å². The lowest BCUT2D eigenvalue weighted by Crippen LogP contribution is -2.53. The number of carbonyl (C=O) groups is 4. The Labute approximate surface area is 233 Å². The van der Waals surface area contributed by atoms with Gasteiger partial charge in [0.25, 0.3) is 0 Å². The minimum absolute atomic E-state index is 0.212. The molecule has 0 radical (unpaired) electrons. The van der Waals surface area contributed by atoms with Crippen LogP contribution in [0.15, 0.2) is 72.9 Å². The van der Waals surface area contributed by atoms with Crippen molar-refractivity contribution in [3.05, 3.63) is 95.4 Å². The van der Waals surface area contributed by atoms with Crippen LogP contribution in [0, 0.1) is 17.7 Å². The van der Waals surface area contributed by atoms with Crippen LogP contribution >= 0.6 is 0 Å². The number of nitrogens with one attached hydrogen (secondary N) is 3. The maximum atomic E-state index is 14.5. The van der Waals surface area contributed by atoms with E-state index in [2.05, 4.69) is 15.6 Å². The minimum Gasteiger partial charge on any atom is -0.462 e. The summed E-state index contributed by atoms with van der Waals surface area (Å²) in [5.41, 5.74) is 1.48. The molecule has 2 fully saturated rings. The molecule has 0 saturated carbocycles. The number of esters is 1. The number of hydrogen-bond acceptors (Lipinski definition) is 6. The maximum Gasteiger partial charge on any atom is 0.338 e. The Hall–Kier alpha value is -4.83. The highest BCUT2D eigenvalue weighted by molar-refractivity contribution is 6.26. The fourth-order valence-electron chi connectivity index (χ4n) is 6.70. The standard InChI is InChI=1S/C31H25FN4O5/c1-2-41-29(39)16-7-10-19(11-8-16)36-27(37)25-24(13-17-15-33-22-6-4-3-5-20(17)22)35-31(26(25)28(36)38)21-14-18(32)9-12-23(21)34-30(31)40/h3-12,14-15,24-26,33,35H,2,13H2,1H3,(H,34,40)/t24-,25-,26+,31-/m1/s1. The molecule has 3 aliphatic heterocycles. The molecule has 4 atom stereocenters. The monoisotopic (exact) mass is 552 g/mol. The zero-order valence-electron chi connectivity index (χ0n) is 21.9. The highest BCUT2D eigenvalue weighted by atomic mass is 19.1. The largest absolute Gasteiger partial charge is 0.462 e. The summed E-state index contributed by atoms with van der Waals surface area (Å²) in [6.07, 6.45) is 2.21. The number of aromatic nitrogens is 1. The van der Waals surface area contributed by atoms with E-state index in [9.17, 15) is 23.6 Å². The van der Waals surface area contributed by atoms with Crippen molar-refractivity contribution in [3.63, 3.8) is 0 Å². The molecule has 0 unspecified atom stereocenters. The Kier molecular flexibility index (Phi) is 5.58. The van der Waals surface area contributed by atoms with Crippen molar-refractivity contribution in [2.75, 3.05) is 16.8 Å². The van der Waals surface area contributed by atoms with Gasteiger partial charge in [0, 0.05) is 34.4 Å². The molecule has 4 aromatic rings. The van der Waals surface area contributed by atoms with Crippen molar-refractivity contribution in [2.45, 2.75) is 24.9 Å². The second-order valence-corrected chi connectivity index (χ2v) is 10.5. The summed E-state index contributed by atoms with van der Waals surface area (Å²) in [6, 6.07) is 17.1. The van der Waals surface area contributed by atoms with E-state index in [1.165, 1.54) is 42.5 Å². The Morgan fingerprint density at radius 3 is 2.59 bits per heavy atom. The first-order valence-electron chi connectivity index (χ1n) is 13.4. The maximum absolute atomic E-state index is 14.5. The van der Waals surface area contributed by atoms with Gasteiger partial charge in [0.05, 0.1) is 29.7 Å². The van der Waals surface area contributed by atoms with Crippen LogP contribution in [0.25, 0.3) is 10.9 Å². The minimum atomic E-state index is -1.63. The van der Waals surface area contributed by atoms with Crippen molar-refractivity contribution in [3.8, 4) is 0 Å². The van der Waals surface area contributed by atoms with E-state index in [-0.39, 0.29) is 17.9 Å². The van der Waals surface area contributed by atoms with Crippen molar-refractivity contribution < 1.29 is 28.3 Å². The second-order valence-electron chi connectivity index (χ2n) is 10.5. The van der Waals surface area contributed by atoms with E-state index in [1.807, 2.05) is 30.5 Å². The number of rotatable bonds is 5. The lowest BCUT2D eigenvalue weighted by Gasteiger charge is -2.29. The zero-order valence-corrected chi connectivity index (χ0v) is 21.9. The van der Waals surface area contributed by atoms with Crippen molar-refractivity contribution in [1.29, 1.82) is 0 Å². The number of hydrogen-bond donors (Lipinski definition) is 3. The number of amides is 3. The van der Waals surface area contributed by atoms with Crippen LogP contribution in [0.4, 0.5) is 15.8 Å². The molecule has 3 N–H and O–H groups in total. The van der Waals surface area contributed by atoms with Crippen LogP contribution < -0.4 is 15.5 Å². The molecule has 3 amide bonds. The highest BCUT2D eigenvalue weighted by Crippen LogP contribution is 2.54. The fraction of sp³-hybridized carbons (Fsp3) is 0.226. The Bertz CT molecular complexity index is 1770. The molecule has 9 nitrogen and oxygen atoms in total. The average molecular weight is 553 g/mol. The van der Waals surface area contributed by atoms with Crippen LogP contribution in [0.1, 0.15) is 28.4 Å². The van der Waals surface area contributed by atoms with E-state index in [0.29, 0.717) is 17.7 Å². The van der Waals surface area contributed by atoms with Gasteiger partial charge in [-0.1, -0.05) is 18.2 Å². The number of halogens is 1. The highest BCUT2D eigenvalue weighted by Gasteiger charge is 2.70. The first-order chi connectivity index (χ1) is 19.8. The summed E-state index contributed by atoms with van der Waals surface area (Å²) < 4.78 is 19.6. The molecule has 4 heterocycles. The average Bonchev–Trinajstić information content (AvgIpc) is 3.68. The van der Waals surface area contributed by atoms with Gasteiger partial charge in [-0.05, 0) is 67.4 Å². The van der Waals surface area contributed by atoms with E-state index in [4.69, 9.17) is 4.74 Å². The van der Waals surface area contributed by atoms with Gasteiger partial charge in [0.15, 0.2) is 0 Å². The predicted molar refractivity (Wildman–Crippen MR) is 148 cm³/mol. The number of aromatic amines is 1. The van der Waals surface area contributed by atoms with Crippen molar-refractivity contribution >= 4 is 46.0 Å². The first-order valence-corrected chi connectivity index (χ1v) is 13.4. The number of ether oxygens (including phenoxy) is 1. The van der Waals surface area contributed by atoms with Gasteiger partial charge in [-0.3, -0.25) is 19.7 Å². The zero-order chi connectivity index (χ0) is 28.5. The lowest BCUT2D eigenvalue weighted by molar-refractivity contribution is -0.130.